The van der Waals surface area contributed by atoms with Crippen LogP contribution in [0.4, 0.5) is 0 Å². The minimum Gasteiger partial charge on any atom is -0.306 e. The molecule has 2 rings (SSSR count). The van der Waals surface area contributed by atoms with E-state index in [1.54, 1.807) is 13.3 Å². The lowest BCUT2D eigenvalue weighted by Gasteiger charge is -2.34. The molecule has 0 spiro atoms. The van der Waals surface area contributed by atoms with Gasteiger partial charge in [-0.3, -0.25) is 4.99 Å². The molecule has 0 radical (unpaired) electrons. The second-order valence-electron chi connectivity index (χ2n) is 5.14. The summed E-state index contributed by atoms with van der Waals surface area (Å²) in [5.74, 6) is 0. The van der Waals surface area contributed by atoms with Gasteiger partial charge >= 0.3 is 0 Å². The number of alkyl halides is 1. The van der Waals surface area contributed by atoms with Crippen LogP contribution in [0.3, 0.4) is 0 Å². The van der Waals surface area contributed by atoms with E-state index in [4.69, 9.17) is 69.6 Å². The third-order valence-electron chi connectivity index (χ3n) is 3.31. The fourth-order valence-electron chi connectivity index (χ4n) is 1.90. The molecular formula is C15H12Cl6N2S. The van der Waals surface area contributed by atoms with E-state index in [-0.39, 0.29) is 20.1 Å². The number of hydrogen-bond donors (Lipinski definition) is 0. The van der Waals surface area contributed by atoms with Crippen molar-refractivity contribution < 1.29 is 0 Å². The molecule has 130 valence electrons. The zero-order valence-corrected chi connectivity index (χ0v) is 17.9. The number of benzene rings is 1. The number of nitrogens with zero attached hydrogens (tertiary/aromatic N) is 2. The van der Waals surface area contributed by atoms with Gasteiger partial charge in [0.2, 0.25) is 0 Å². The van der Waals surface area contributed by atoms with E-state index >= 15 is 0 Å². The quantitative estimate of drug-likeness (QED) is 0.205. The van der Waals surface area contributed by atoms with E-state index in [2.05, 4.69) is 4.99 Å². The molecule has 0 fully saturated rings. The first kappa shape index (κ1) is 20.6. The summed E-state index contributed by atoms with van der Waals surface area (Å²) in [6, 6.07) is 7.45. The van der Waals surface area contributed by atoms with Gasteiger partial charge in [-0.1, -0.05) is 58.0 Å². The van der Waals surface area contributed by atoms with E-state index in [1.807, 2.05) is 35.6 Å². The Hall–Kier alpha value is 0.260. The van der Waals surface area contributed by atoms with Crippen molar-refractivity contribution in [2.24, 2.45) is 4.99 Å². The lowest BCUT2D eigenvalue weighted by molar-refractivity contribution is 0.575. The van der Waals surface area contributed by atoms with Gasteiger partial charge in [-0.15, -0.1) is 11.6 Å². The van der Waals surface area contributed by atoms with E-state index in [0.29, 0.717) is 5.02 Å². The fraction of sp³-hybridized carbons (Fsp3) is 0.267. The Morgan fingerprint density at radius 3 is 2.25 bits per heavy atom. The summed E-state index contributed by atoms with van der Waals surface area (Å²) in [6.45, 7) is 1.75. The van der Waals surface area contributed by atoms with Gasteiger partial charge in [0.1, 0.15) is 10.9 Å². The maximum absolute atomic E-state index is 6.39. The van der Waals surface area contributed by atoms with Crippen LogP contribution in [-0.2, 0) is 0 Å². The number of aliphatic imine (C=N–C) groups is 1. The standard InChI is InChI=1S/C15H12Cl6N2S/c1-15(13(20)11(18)10(17)12(19)14(15)21)22-7-23(2)24-9-5-3-8(16)4-6-9/h3-7,13H,1-2H3. The number of allylic oxidation sites excluding steroid dienone is 2. The van der Waals surface area contributed by atoms with Crippen LogP contribution >= 0.6 is 81.6 Å². The molecular weight excluding hydrogens is 453 g/mol. The lowest BCUT2D eigenvalue weighted by atomic mass is 9.93. The van der Waals surface area contributed by atoms with Crippen molar-refractivity contribution in [3.63, 3.8) is 0 Å². The normalized spacial score (nSPS) is 24.9. The summed E-state index contributed by atoms with van der Waals surface area (Å²) in [7, 11) is 1.85. The summed E-state index contributed by atoms with van der Waals surface area (Å²) in [5, 5.41) is 0.750. The maximum Gasteiger partial charge on any atom is 0.118 e. The Morgan fingerprint density at radius 2 is 1.67 bits per heavy atom. The summed E-state index contributed by atoms with van der Waals surface area (Å²) < 4.78 is 1.81. The highest BCUT2D eigenvalue weighted by atomic mass is 35.5. The summed E-state index contributed by atoms with van der Waals surface area (Å²) in [5.41, 5.74) is -1.01. The van der Waals surface area contributed by atoms with Gasteiger partial charge in [0.05, 0.1) is 26.5 Å². The summed E-state index contributed by atoms with van der Waals surface area (Å²) in [6.07, 6.45) is 1.62. The number of rotatable bonds is 4. The molecule has 1 aromatic rings. The van der Waals surface area contributed by atoms with Gasteiger partial charge in [0, 0.05) is 17.0 Å². The molecule has 24 heavy (non-hydrogen) atoms. The van der Waals surface area contributed by atoms with Gasteiger partial charge in [-0.2, -0.15) is 0 Å². The minimum atomic E-state index is -1.01. The Kier molecular flexibility index (Phi) is 7.12. The molecule has 2 nitrogen and oxygen atoms in total. The molecule has 0 saturated carbocycles. The van der Waals surface area contributed by atoms with Crippen LogP contribution in [0.15, 0.2) is 54.3 Å². The van der Waals surface area contributed by atoms with Gasteiger partial charge in [0.15, 0.2) is 0 Å². The second-order valence-corrected chi connectivity index (χ2v) is 8.78. The smallest absolute Gasteiger partial charge is 0.118 e. The highest BCUT2D eigenvalue weighted by molar-refractivity contribution is 7.97. The van der Waals surface area contributed by atoms with Crippen LogP contribution in [0.1, 0.15) is 6.92 Å². The topological polar surface area (TPSA) is 15.6 Å². The third kappa shape index (κ3) is 4.32. The van der Waals surface area contributed by atoms with Crippen molar-refractivity contribution in [1.82, 2.24) is 4.31 Å². The van der Waals surface area contributed by atoms with Crippen LogP contribution in [0.2, 0.25) is 5.02 Å². The first-order valence-corrected chi connectivity index (χ1v) is 9.74. The molecule has 9 heteroatoms. The zero-order valence-electron chi connectivity index (χ0n) is 12.5. The Bertz CT molecular complexity index is 715. The van der Waals surface area contributed by atoms with Crippen molar-refractivity contribution in [3.8, 4) is 0 Å². The van der Waals surface area contributed by atoms with Crippen LogP contribution in [-0.4, -0.2) is 28.6 Å². The molecule has 0 amide bonds. The maximum atomic E-state index is 6.39. The van der Waals surface area contributed by atoms with Crippen molar-refractivity contribution >= 4 is 87.9 Å². The Morgan fingerprint density at radius 1 is 1.08 bits per heavy atom. The average Bonchev–Trinajstić information content (AvgIpc) is 2.57. The molecule has 0 N–H and O–H groups in total. The minimum absolute atomic E-state index is 0.153. The summed E-state index contributed by atoms with van der Waals surface area (Å²) in [4.78, 5) is 5.50. The summed E-state index contributed by atoms with van der Waals surface area (Å²) >= 11 is 38.4. The molecule has 2 unspecified atom stereocenters. The first-order valence-electron chi connectivity index (χ1n) is 6.64. The van der Waals surface area contributed by atoms with Gasteiger partial charge in [0.25, 0.3) is 0 Å². The zero-order chi connectivity index (χ0) is 18.1. The Labute approximate surface area is 175 Å². The fourth-order valence-corrected chi connectivity index (χ4v) is 4.25. The van der Waals surface area contributed by atoms with E-state index in [1.165, 1.54) is 11.9 Å². The van der Waals surface area contributed by atoms with Gasteiger partial charge in [-0.25, -0.2) is 0 Å². The molecule has 0 bridgehead atoms. The molecule has 1 aliphatic carbocycles. The predicted octanol–water partition coefficient (Wildman–Crippen LogP) is 7.07. The SMILES string of the molecule is CN(C=NC1(C)C(Cl)=C(Cl)C(Cl)=C(Cl)C1Cl)Sc1ccc(Cl)cc1. The average molecular weight is 465 g/mol. The van der Waals surface area contributed by atoms with Crippen LogP contribution in [0.25, 0.3) is 0 Å². The third-order valence-corrected chi connectivity index (χ3v) is 7.22. The van der Waals surface area contributed by atoms with E-state index in [9.17, 15) is 0 Å². The van der Waals surface area contributed by atoms with Gasteiger partial charge < -0.3 is 4.31 Å². The van der Waals surface area contributed by atoms with E-state index in [0.717, 1.165) is 4.90 Å². The molecule has 0 aromatic heterocycles. The number of halogens is 6. The lowest BCUT2D eigenvalue weighted by Crippen LogP contribution is -2.38. The molecule has 0 aliphatic heterocycles. The van der Waals surface area contributed by atoms with Crippen molar-refractivity contribution in [1.29, 1.82) is 0 Å². The van der Waals surface area contributed by atoms with Crippen molar-refractivity contribution in [2.75, 3.05) is 7.05 Å². The molecule has 1 aromatic carbocycles. The molecule has 0 heterocycles. The van der Waals surface area contributed by atoms with Gasteiger partial charge in [-0.05, 0) is 43.1 Å². The van der Waals surface area contributed by atoms with Crippen molar-refractivity contribution in [2.45, 2.75) is 22.7 Å². The highest BCUT2D eigenvalue weighted by Gasteiger charge is 2.44. The Balaban J connectivity index is 2.19. The molecule has 2 atom stereocenters. The predicted molar refractivity (Wildman–Crippen MR) is 109 cm³/mol. The van der Waals surface area contributed by atoms with Crippen molar-refractivity contribution in [3.05, 3.63) is 49.4 Å². The molecule has 1 aliphatic rings. The molecule has 0 saturated heterocycles. The number of hydrogen-bond acceptors (Lipinski definition) is 2. The largest absolute Gasteiger partial charge is 0.306 e. The van der Waals surface area contributed by atoms with Crippen LogP contribution in [0.5, 0.6) is 0 Å². The first-order chi connectivity index (χ1) is 11.2. The van der Waals surface area contributed by atoms with Crippen LogP contribution < -0.4 is 0 Å². The monoisotopic (exact) mass is 462 g/mol. The highest BCUT2D eigenvalue weighted by Crippen LogP contribution is 2.48. The van der Waals surface area contributed by atoms with Crippen LogP contribution in [0, 0.1) is 0 Å². The second kappa shape index (κ2) is 8.30. The van der Waals surface area contributed by atoms with E-state index < -0.39 is 10.9 Å².